The molecule has 0 spiro atoms. The Labute approximate surface area is 111 Å². The monoisotopic (exact) mass is 262 g/mol. The van der Waals surface area contributed by atoms with E-state index >= 15 is 0 Å². The lowest BCUT2D eigenvalue weighted by Gasteiger charge is -2.20. The molecule has 0 atom stereocenters. The molecule has 0 aromatic heterocycles. The maximum Gasteiger partial charge on any atom is 0.151 e. The number of rotatable bonds is 4. The number of likely N-dealkylation sites (N-methyl/N-ethyl adjacent to an activating group) is 1. The second-order valence-electron chi connectivity index (χ2n) is 4.49. The molecule has 19 heavy (non-hydrogen) atoms. The van der Waals surface area contributed by atoms with Crippen molar-refractivity contribution >= 4 is 11.4 Å². The van der Waals surface area contributed by atoms with Gasteiger partial charge in [0, 0.05) is 19.3 Å². The van der Waals surface area contributed by atoms with E-state index in [1.807, 2.05) is 30.3 Å². The van der Waals surface area contributed by atoms with E-state index in [0.717, 1.165) is 24.1 Å². The zero-order chi connectivity index (χ0) is 13.8. The van der Waals surface area contributed by atoms with Crippen molar-refractivity contribution in [2.24, 2.45) is 0 Å². The first-order valence-electron chi connectivity index (χ1n) is 6.07. The van der Waals surface area contributed by atoms with Crippen molar-refractivity contribution in [1.82, 2.24) is 0 Å². The number of hydrogen-bond acceptors (Lipinski definition) is 2. The maximum absolute atomic E-state index is 13.7. The Morgan fingerprint density at radius 2 is 1.63 bits per heavy atom. The van der Waals surface area contributed by atoms with Crippen molar-refractivity contribution in [3.63, 3.8) is 0 Å². The third-order valence-corrected chi connectivity index (χ3v) is 3.00. The first-order chi connectivity index (χ1) is 9.08. The van der Waals surface area contributed by atoms with Crippen LogP contribution in [-0.4, -0.2) is 13.6 Å². The number of hydrogen-bond donors (Lipinski definition) is 1. The van der Waals surface area contributed by atoms with Crippen LogP contribution in [0.1, 0.15) is 5.56 Å². The van der Waals surface area contributed by atoms with Crippen LogP contribution in [0.3, 0.4) is 0 Å². The molecule has 0 heterocycles. The zero-order valence-corrected chi connectivity index (χ0v) is 10.7. The summed E-state index contributed by atoms with van der Waals surface area (Å²) in [6.45, 7) is 0.530. The Kier molecular flexibility index (Phi) is 4.00. The van der Waals surface area contributed by atoms with E-state index in [-0.39, 0.29) is 11.4 Å². The fraction of sp³-hybridized carbons (Fsp3) is 0.200. The Hall–Kier alpha value is -2.10. The summed E-state index contributed by atoms with van der Waals surface area (Å²) < 4.78 is 27.5. The van der Waals surface area contributed by atoms with Crippen molar-refractivity contribution in [3.8, 4) is 0 Å². The fourth-order valence-corrected chi connectivity index (χ4v) is 2.00. The normalized spacial score (nSPS) is 10.5. The molecular weight excluding hydrogens is 246 g/mol. The molecule has 0 radical (unpaired) electrons. The molecule has 0 saturated carbocycles. The minimum atomic E-state index is -0.631. The topological polar surface area (TPSA) is 29.3 Å². The number of benzene rings is 2. The van der Waals surface area contributed by atoms with Crippen LogP contribution in [0.25, 0.3) is 0 Å². The Balaban J connectivity index is 2.10. The average Bonchev–Trinajstić information content (AvgIpc) is 2.36. The Morgan fingerprint density at radius 1 is 1.05 bits per heavy atom. The van der Waals surface area contributed by atoms with Gasteiger partial charge in [0.05, 0.1) is 0 Å². The molecule has 0 unspecified atom stereocenters. The van der Waals surface area contributed by atoms with Gasteiger partial charge in [0.25, 0.3) is 0 Å². The predicted molar refractivity (Wildman–Crippen MR) is 74.2 cm³/mol. The van der Waals surface area contributed by atoms with E-state index < -0.39 is 11.6 Å². The van der Waals surface area contributed by atoms with Crippen molar-refractivity contribution in [3.05, 3.63) is 59.7 Å². The lowest BCUT2D eigenvalue weighted by atomic mass is 10.1. The van der Waals surface area contributed by atoms with Gasteiger partial charge in [-0.1, -0.05) is 30.3 Å². The van der Waals surface area contributed by atoms with Crippen LogP contribution in [0.2, 0.25) is 0 Å². The van der Waals surface area contributed by atoms with Crippen molar-refractivity contribution < 1.29 is 8.78 Å². The van der Waals surface area contributed by atoms with Gasteiger partial charge in [0.15, 0.2) is 11.6 Å². The van der Waals surface area contributed by atoms with Gasteiger partial charge in [0.2, 0.25) is 0 Å². The molecule has 2 aromatic rings. The summed E-state index contributed by atoms with van der Waals surface area (Å²) >= 11 is 0. The molecule has 0 aliphatic carbocycles. The smallest absolute Gasteiger partial charge is 0.151 e. The molecule has 0 saturated heterocycles. The van der Waals surface area contributed by atoms with Gasteiger partial charge in [-0.2, -0.15) is 0 Å². The largest absolute Gasteiger partial charge is 0.399 e. The third kappa shape index (κ3) is 3.22. The summed E-state index contributed by atoms with van der Waals surface area (Å²) in [5.41, 5.74) is 6.58. The summed E-state index contributed by atoms with van der Waals surface area (Å²) in [6.07, 6.45) is 0.723. The highest BCUT2D eigenvalue weighted by molar-refractivity contribution is 5.55. The third-order valence-electron chi connectivity index (χ3n) is 3.00. The molecule has 4 heteroatoms. The van der Waals surface area contributed by atoms with Crippen LogP contribution in [0.15, 0.2) is 42.5 Å². The molecule has 2 aromatic carbocycles. The molecule has 0 amide bonds. The quantitative estimate of drug-likeness (QED) is 0.857. The van der Waals surface area contributed by atoms with Crippen LogP contribution in [-0.2, 0) is 6.42 Å². The molecule has 0 fully saturated rings. The summed E-state index contributed by atoms with van der Waals surface area (Å²) in [6, 6.07) is 12.1. The van der Waals surface area contributed by atoms with Gasteiger partial charge in [-0.25, -0.2) is 8.78 Å². The minimum absolute atomic E-state index is 0.0369. The molecular formula is C15H16F2N2. The van der Waals surface area contributed by atoms with Crippen LogP contribution < -0.4 is 10.6 Å². The Morgan fingerprint density at radius 3 is 2.21 bits per heavy atom. The number of anilines is 2. The van der Waals surface area contributed by atoms with E-state index in [9.17, 15) is 8.78 Å². The Bertz CT molecular complexity index is 532. The van der Waals surface area contributed by atoms with Gasteiger partial charge in [-0.3, -0.25) is 0 Å². The van der Waals surface area contributed by atoms with E-state index in [4.69, 9.17) is 5.73 Å². The van der Waals surface area contributed by atoms with Gasteiger partial charge in [-0.05, 0) is 24.1 Å². The van der Waals surface area contributed by atoms with Crippen LogP contribution in [0.5, 0.6) is 0 Å². The molecule has 2 rings (SSSR count). The lowest BCUT2D eigenvalue weighted by Crippen LogP contribution is -2.22. The highest BCUT2D eigenvalue weighted by atomic mass is 19.1. The molecule has 2 N–H and O–H groups in total. The van der Waals surface area contributed by atoms with Crippen LogP contribution >= 0.6 is 0 Å². The molecule has 0 aliphatic rings. The van der Waals surface area contributed by atoms with Crippen molar-refractivity contribution in [2.45, 2.75) is 6.42 Å². The van der Waals surface area contributed by atoms with Gasteiger partial charge < -0.3 is 10.6 Å². The minimum Gasteiger partial charge on any atom is -0.399 e. The van der Waals surface area contributed by atoms with Gasteiger partial charge >= 0.3 is 0 Å². The molecule has 100 valence electrons. The number of nitrogens with zero attached hydrogens (tertiary/aromatic N) is 1. The second kappa shape index (κ2) is 5.69. The molecule has 0 bridgehead atoms. The zero-order valence-electron chi connectivity index (χ0n) is 10.7. The number of nitrogen functional groups attached to an aromatic ring is 1. The second-order valence-corrected chi connectivity index (χ2v) is 4.49. The van der Waals surface area contributed by atoms with Gasteiger partial charge in [0.1, 0.15) is 5.69 Å². The van der Waals surface area contributed by atoms with Crippen molar-refractivity contribution in [2.75, 3.05) is 24.2 Å². The highest BCUT2D eigenvalue weighted by Gasteiger charge is 2.14. The lowest BCUT2D eigenvalue weighted by molar-refractivity contribution is 0.578. The van der Waals surface area contributed by atoms with E-state index in [1.54, 1.807) is 11.9 Å². The van der Waals surface area contributed by atoms with Crippen molar-refractivity contribution in [1.29, 1.82) is 0 Å². The standard InChI is InChI=1S/C15H16F2N2/c1-19(8-7-11-5-3-2-4-6-11)15-13(16)9-12(18)10-14(15)17/h2-6,9-10H,7-8,18H2,1H3. The van der Waals surface area contributed by atoms with E-state index in [1.165, 1.54) is 0 Å². The fourth-order valence-electron chi connectivity index (χ4n) is 2.00. The predicted octanol–water partition coefficient (Wildman–Crippen LogP) is 3.23. The molecule has 0 aliphatic heterocycles. The summed E-state index contributed by atoms with van der Waals surface area (Å²) in [7, 11) is 1.67. The summed E-state index contributed by atoms with van der Waals surface area (Å²) in [5, 5.41) is 0. The summed E-state index contributed by atoms with van der Waals surface area (Å²) in [4.78, 5) is 1.57. The number of halogens is 2. The van der Waals surface area contributed by atoms with E-state index in [0.29, 0.717) is 6.54 Å². The first kappa shape index (κ1) is 13.3. The molecule has 2 nitrogen and oxygen atoms in total. The average molecular weight is 262 g/mol. The van der Waals surface area contributed by atoms with Crippen LogP contribution in [0, 0.1) is 11.6 Å². The van der Waals surface area contributed by atoms with Crippen LogP contribution in [0.4, 0.5) is 20.2 Å². The summed E-state index contributed by atoms with van der Waals surface area (Å²) in [5.74, 6) is -1.26. The van der Waals surface area contributed by atoms with E-state index in [2.05, 4.69) is 0 Å². The maximum atomic E-state index is 13.7. The van der Waals surface area contributed by atoms with Gasteiger partial charge in [-0.15, -0.1) is 0 Å². The first-order valence-corrected chi connectivity index (χ1v) is 6.07. The SMILES string of the molecule is CN(CCc1ccccc1)c1c(F)cc(N)cc1F. The number of nitrogens with two attached hydrogens (primary N) is 1. The highest BCUT2D eigenvalue weighted by Crippen LogP contribution is 2.25.